The third-order valence-corrected chi connectivity index (χ3v) is 4.43. The topological polar surface area (TPSA) is 57.5 Å². The lowest BCUT2D eigenvalue weighted by Gasteiger charge is -2.16. The highest BCUT2D eigenvalue weighted by atomic mass is 35.5. The second-order valence-electron chi connectivity index (χ2n) is 5.64. The zero-order chi connectivity index (χ0) is 16.0. The number of aldehydes is 1. The van der Waals surface area contributed by atoms with Crippen molar-refractivity contribution in [3.63, 3.8) is 0 Å². The molecule has 1 unspecified atom stereocenters. The molecule has 1 aromatic rings. The quantitative estimate of drug-likeness (QED) is 0.533. The number of halogens is 1. The van der Waals surface area contributed by atoms with Gasteiger partial charge in [-0.15, -0.1) is 0 Å². The van der Waals surface area contributed by atoms with Gasteiger partial charge in [0.1, 0.15) is 11.5 Å². The van der Waals surface area contributed by atoms with Gasteiger partial charge in [0.25, 0.3) is 0 Å². The number of unbranched alkanes of at least 4 members (excludes halogenated alkanes) is 2. The number of hydrogen-bond acceptors (Lipinski definition) is 3. The number of hydrogen-bond donors (Lipinski definition) is 2. The van der Waals surface area contributed by atoms with E-state index >= 15 is 0 Å². The van der Waals surface area contributed by atoms with Gasteiger partial charge in [-0.3, -0.25) is 4.79 Å². The summed E-state index contributed by atoms with van der Waals surface area (Å²) in [5, 5.41) is 20.4. The molecule has 117 valence electrons. The van der Waals surface area contributed by atoms with Crippen LogP contribution in [0.15, 0.2) is 0 Å². The van der Waals surface area contributed by atoms with Crippen molar-refractivity contribution in [2.24, 2.45) is 5.92 Å². The van der Waals surface area contributed by atoms with E-state index in [0.29, 0.717) is 29.8 Å². The number of phenolic OH excluding ortho intramolecular Hbond substituents is 2. The molecule has 0 fully saturated rings. The molecule has 0 saturated carbocycles. The summed E-state index contributed by atoms with van der Waals surface area (Å²) in [6.45, 7) is 7.58. The van der Waals surface area contributed by atoms with Gasteiger partial charge in [0.15, 0.2) is 6.29 Å². The van der Waals surface area contributed by atoms with Crippen molar-refractivity contribution in [3.8, 4) is 11.5 Å². The van der Waals surface area contributed by atoms with Crippen molar-refractivity contribution >= 4 is 17.9 Å². The first-order chi connectivity index (χ1) is 9.93. The van der Waals surface area contributed by atoms with Crippen molar-refractivity contribution in [1.29, 1.82) is 0 Å². The van der Waals surface area contributed by atoms with Gasteiger partial charge in [0, 0.05) is 5.56 Å². The van der Waals surface area contributed by atoms with Crippen LogP contribution in [0.5, 0.6) is 11.5 Å². The molecule has 0 aromatic heterocycles. The summed E-state index contributed by atoms with van der Waals surface area (Å²) in [7, 11) is 0. The molecule has 0 heterocycles. The van der Waals surface area contributed by atoms with Crippen molar-refractivity contribution in [1.82, 2.24) is 0 Å². The Hall–Kier alpha value is -1.22. The molecule has 1 radical (unpaired) electrons. The Morgan fingerprint density at radius 2 is 1.90 bits per heavy atom. The van der Waals surface area contributed by atoms with E-state index in [0.717, 1.165) is 32.1 Å². The van der Waals surface area contributed by atoms with Gasteiger partial charge in [0.2, 0.25) is 0 Å². The molecule has 2 N–H and O–H groups in total. The molecule has 0 aliphatic rings. The van der Waals surface area contributed by atoms with E-state index in [1.165, 1.54) is 0 Å². The summed E-state index contributed by atoms with van der Waals surface area (Å²) in [6.07, 6.45) is 6.21. The van der Waals surface area contributed by atoms with Gasteiger partial charge in [-0.2, -0.15) is 0 Å². The highest BCUT2D eigenvalue weighted by Crippen LogP contribution is 2.40. The lowest BCUT2D eigenvalue weighted by Crippen LogP contribution is -2.01. The van der Waals surface area contributed by atoms with Crippen LogP contribution >= 0.6 is 11.6 Å². The average Bonchev–Trinajstić information content (AvgIpc) is 2.46. The average molecular weight is 312 g/mol. The minimum absolute atomic E-state index is 0.109. The van der Waals surface area contributed by atoms with Crippen LogP contribution < -0.4 is 0 Å². The van der Waals surface area contributed by atoms with E-state index in [1.807, 2.05) is 0 Å². The summed E-state index contributed by atoms with van der Waals surface area (Å²) < 4.78 is 0. The zero-order valence-corrected chi connectivity index (χ0v) is 13.5. The first-order valence-electron chi connectivity index (χ1n) is 7.41. The molecule has 0 aliphatic heterocycles. The summed E-state index contributed by atoms with van der Waals surface area (Å²) in [4.78, 5) is 11.1. The van der Waals surface area contributed by atoms with E-state index < -0.39 is 0 Å². The molecule has 0 spiro atoms. The molecule has 21 heavy (non-hydrogen) atoms. The molecule has 4 heteroatoms. The third-order valence-electron chi connectivity index (χ3n) is 3.97. The Morgan fingerprint density at radius 1 is 1.24 bits per heavy atom. The summed E-state index contributed by atoms with van der Waals surface area (Å²) in [6, 6.07) is 0. The number of carbonyl (C=O) groups is 1. The minimum atomic E-state index is -0.144. The van der Waals surface area contributed by atoms with Crippen LogP contribution in [0.1, 0.15) is 60.5 Å². The highest BCUT2D eigenvalue weighted by molar-refractivity contribution is 6.33. The third kappa shape index (κ3) is 4.37. The number of aromatic hydroxyl groups is 2. The van der Waals surface area contributed by atoms with Crippen LogP contribution in [0.2, 0.25) is 5.02 Å². The predicted octanol–water partition coefficient (Wildman–Crippen LogP) is 4.84. The molecular weight excluding hydrogens is 288 g/mol. The maximum Gasteiger partial charge on any atom is 0.154 e. The second kappa shape index (κ2) is 8.28. The lowest BCUT2D eigenvalue weighted by molar-refractivity contribution is 0.112. The molecule has 1 atom stereocenters. The Kier molecular flexibility index (Phi) is 7.03. The largest absolute Gasteiger partial charge is 0.507 e. The maximum atomic E-state index is 11.1. The molecule has 3 nitrogen and oxygen atoms in total. The van der Waals surface area contributed by atoms with Gasteiger partial charge in [-0.1, -0.05) is 51.1 Å². The van der Waals surface area contributed by atoms with Gasteiger partial charge in [-0.05, 0) is 31.2 Å². The molecule has 0 bridgehead atoms. The summed E-state index contributed by atoms with van der Waals surface area (Å²) >= 11 is 6.03. The first kappa shape index (κ1) is 17.8. The number of benzene rings is 1. The minimum Gasteiger partial charge on any atom is -0.507 e. The molecule has 1 rings (SSSR count). The van der Waals surface area contributed by atoms with Crippen LogP contribution in [-0.4, -0.2) is 16.5 Å². The fourth-order valence-corrected chi connectivity index (χ4v) is 2.68. The fourth-order valence-electron chi connectivity index (χ4n) is 2.47. The summed E-state index contributed by atoms with van der Waals surface area (Å²) in [5.74, 6) is 0.228. The molecule has 0 aliphatic carbocycles. The highest BCUT2D eigenvalue weighted by Gasteiger charge is 2.20. The molecular formula is C17H24ClO3. The Labute approximate surface area is 131 Å². The van der Waals surface area contributed by atoms with Crippen molar-refractivity contribution < 1.29 is 15.0 Å². The van der Waals surface area contributed by atoms with E-state index in [1.54, 1.807) is 6.92 Å². The summed E-state index contributed by atoms with van der Waals surface area (Å²) in [5.41, 5.74) is 0.947. The van der Waals surface area contributed by atoms with E-state index in [4.69, 9.17) is 11.6 Å². The number of carbonyl (C=O) groups excluding carboxylic acids is 1. The predicted molar refractivity (Wildman–Crippen MR) is 86.2 cm³/mol. The first-order valence-corrected chi connectivity index (χ1v) is 7.79. The smallest absolute Gasteiger partial charge is 0.154 e. The van der Waals surface area contributed by atoms with E-state index in [9.17, 15) is 15.0 Å². The van der Waals surface area contributed by atoms with Crippen LogP contribution in [0.4, 0.5) is 0 Å². The Balaban J connectivity index is 2.84. The Bertz CT molecular complexity index is 498. The van der Waals surface area contributed by atoms with Gasteiger partial charge in [-0.25, -0.2) is 0 Å². The fraction of sp³-hybridized carbons (Fsp3) is 0.529. The normalized spacial score (nSPS) is 12.4. The van der Waals surface area contributed by atoms with Gasteiger partial charge in [0.05, 0.1) is 10.6 Å². The lowest BCUT2D eigenvalue weighted by atomic mass is 9.93. The van der Waals surface area contributed by atoms with Crippen LogP contribution in [-0.2, 0) is 6.42 Å². The molecule has 1 aromatic carbocycles. The SMILES string of the molecule is [CH2]CCCCC(C)CCc1c(O)c(Cl)c(C)c(C=O)c1O. The Morgan fingerprint density at radius 3 is 2.48 bits per heavy atom. The van der Waals surface area contributed by atoms with Gasteiger partial charge >= 0.3 is 0 Å². The van der Waals surface area contributed by atoms with E-state index in [2.05, 4.69) is 13.8 Å². The molecule has 0 amide bonds. The van der Waals surface area contributed by atoms with Crippen molar-refractivity contribution in [3.05, 3.63) is 28.6 Å². The van der Waals surface area contributed by atoms with Gasteiger partial charge < -0.3 is 10.2 Å². The van der Waals surface area contributed by atoms with Crippen molar-refractivity contribution in [2.45, 2.75) is 52.4 Å². The van der Waals surface area contributed by atoms with Crippen LogP contribution in [0.25, 0.3) is 0 Å². The maximum absolute atomic E-state index is 11.1. The molecule has 0 saturated heterocycles. The zero-order valence-electron chi connectivity index (χ0n) is 12.8. The second-order valence-corrected chi connectivity index (χ2v) is 6.02. The number of phenols is 2. The monoisotopic (exact) mass is 311 g/mol. The van der Waals surface area contributed by atoms with Crippen LogP contribution in [0, 0.1) is 19.8 Å². The standard InChI is InChI=1S/C17H24ClO3/c1-4-5-6-7-11(2)8-9-13-16(20)14(10-19)12(3)15(18)17(13)21/h10-11,20-21H,1,4-9H2,2-3H3. The number of rotatable bonds is 8. The van der Waals surface area contributed by atoms with Crippen molar-refractivity contribution in [2.75, 3.05) is 0 Å². The van der Waals surface area contributed by atoms with Crippen LogP contribution in [0.3, 0.4) is 0 Å². The van der Waals surface area contributed by atoms with E-state index in [-0.39, 0.29) is 22.1 Å².